The molecule has 0 N–H and O–H groups in total. The van der Waals surface area contributed by atoms with Gasteiger partial charge < -0.3 is 0 Å². The second-order valence-corrected chi connectivity index (χ2v) is 10.0. The van der Waals surface area contributed by atoms with Crippen LogP contribution in [0.1, 0.15) is 128 Å². The van der Waals surface area contributed by atoms with Gasteiger partial charge >= 0.3 is 0 Å². The minimum atomic E-state index is 1.14. The summed E-state index contributed by atoms with van der Waals surface area (Å²) in [6.07, 6.45) is 29.5. The van der Waals surface area contributed by atoms with Gasteiger partial charge in [-0.25, -0.2) is 9.13 Å². The van der Waals surface area contributed by atoms with Crippen LogP contribution in [0.3, 0.4) is 0 Å². The Labute approximate surface area is 205 Å². The van der Waals surface area contributed by atoms with Gasteiger partial charge in [0.25, 0.3) is 5.82 Å². The van der Waals surface area contributed by atoms with E-state index in [0.29, 0.717) is 0 Å². The van der Waals surface area contributed by atoms with E-state index in [9.17, 15) is 0 Å². The summed E-state index contributed by atoms with van der Waals surface area (Å²) in [4.78, 5) is 0. The molecule has 2 nitrogen and oxygen atoms in total. The lowest BCUT2D eigenvalue weighted by Crippen LogP contribution is -2.37. The number of nitrogens with zero attached hydrogens (tertiary/aromatic N) is 2. The molecular formula is C31H53N2+. The summed E-state index contributed by atoms with van der Waals surface area (Å²) in [5.74, 6) is 1.55. The summed E-state index contributed by atoms with van der Waals surface area (Å²) >= 11 is 0. The topological polar surface area (TPSA) is 8.81 Å². The van der Waals surface area contributed by atoms with Crippen LogP contribution in [0.15, 0.2) is 42.7 Å². The van der Waals surface area contributed by atoms with Crippen molar-refractivity contribution >= 4 is 0 Å². The fourth-order valence-electron chi connectivity index (χ4n) is 5.01. The monoisotopic (exact) mass is 453 g/mol. The van der Waals surface area contributed by atoms with Gasteiger partial charge in [0.15, 0.2) is 0 Å². The Bertz CT molecular complexity index is 688. The first-order chi connectivity index (χ1) is 16.3. The van der Waals surface area contributed by atoms with E-state index < -0.39 is 0 Å². The molecule has 1 aromatic heterocycles. The van der Waals surface area contributed by atoms with Crippen LogP contribution < -0.4 is 4.57 Å². The summed E-state index contributed by atoms with van der Waals surface area (Å²) in [5.41, 5.74) is 1.46. The van der Waals surface area contributed by atoms with E-state index in [1.807, 2.05) is 0 Å². The number of imidazole rings is 1. The van der Waals surface area contributed by atoms with Crippen molar-refractivity contribution < 1.29 is 4.57 Å². The fourth-order valence-corrected chi connectivity index (χ4v) is 5.01. The standard InChI is InChI=1S/C31H53N2/c1-3-5-6-7-8-9-10-11-12-13-14-15-16-20-25-31-32(26-4-2)28-29-33(31)27-21-24-30-22-18-17-19-23-30/h17-19,22-23,28-29H,3-16,20-21,24-27H2,1-2H3/q+1. The molecule has 1 heterocycles. The number of aryl methyl sites for hydroxylation is 3. The molecule has 0 saturated heterocycles. The second-order valence-electron chi connectivity index (χ2n) is 10.0. The van der Waals surface area contributed by atoms with Crippen molar-refractivity contribution in [2.24, 2.45) is 0 Å². The number of rotatable bonds is 21. The van der Waals surface area contributed by atoms with Gasteiger partial charge in [0.05, 0.1) is 13.1 Å². The molecule has 2 aromatic rings. The molecule has 0 atom stereocenters. The first kappa shape index (κ1) is 27.7. The molecule has 1 aromatic carbocycles. The first-order valence-electron chi connectivity index (χ1n) is 14.5. The van der Waals surface area contributed by atoms with Gasteiger partial charge in [0.2, 0.25) is 0 Å². The van der Waals surface area contributed by atoms with E-state index in [4.69, 9.17) is 0 Å². The molecular weight excluding hydrogens is 400 g/mol. The Kier molecular flexibility index (Phi) is 15.8. The van der Waals surface area contributed by atoms with Gasteiger partial charge in [-0.1, -0.05) is 128 Å². The normalized spacial score (nSPS) is 11.3. The number of unbranched alkanes of at least 4 members (excludes halogenated alkanes) is 13. The Balaban J connectivity index is 1.55. The fraction of sp³-hybridized carbons (Fsp3) is 0.710. The minimum Gasteiger partial charge on any atom is -0.234 e. The van der Waals surface area contributed by atoms with Gasteiger partial charge in [0, 0.05) is 6.42 Å². The maximum Gasteiger partial charge on any atom is 0.256 e. The molecule has 0 radical (unpaired) electrons. The highest BCUT2D eigenvalue weighted by molar-refractivity contribution is 5.14. The van der Waals surface area contributed by atoms with E-state index >= 15 is 0 Å². The van der Waals surface area contributed by atoms with Gasteiger partial charge in [-0.15, -0.1) is 0 Å². The van der Waals surface area contributed by atoms with Crippen molar-refractivity contribution in [1.82, 2.24) is 4.57 Å². The predicted molar refractivity (Wildman–Crippen MR) is 144 cm³/mol. The average molecular weight is 454 g/mol. The van der Waals surface area contributed by atoms with Crippen LogP contribution in [0, 0.1) is 0 Å². The van der Waals surface area contributed by atoms with Crippen LogP contribution in [-0.4, -0.2) is 4.57 Å². The lowest BCUT2D eigenvalue weighted by Gasteiger charge is -2.06. The Hall–Kier alpha value is -1.57. The van der Waals surface area contributed by atoms with Crippen LogP contribution in [0.2, 0.25) is 0 Å². The van der Waals surface area contributed by atoms with Crippen molar-refractivity contribution in [1.29, 1.82) is 0 Å². The zero-order valence-corrected chi connectivity index (χ0v) is 22.1. The third-order valence-electron chi connectivity index (χ3n) is 7.02. The molecule has 0 fully saturated rings. The van der Waals surface area contributed by atoms with E-state index in [2.05, 4.69) is 65.7 Å². The van der Waals surface area contributed by atoms with Crippen molar-refractivity contribution in [2.75, 3.05) is 0 Å². The van der Waals surface area contributed by atoms with Gasteiger partial charge in [-0.2, -0.15) is 0 Å². The molecule has 0 aliphatic rings. The quantitative estimate of drug-likeness (QED) is 0.132. The Morgan fingerprint density at radius 3 is 1.76 bits per heavy atom. The third-order valence-corrected chi connectivity index (χ3v) is 7.02. The summed E-state index contributed by atoms with van der Waals surface area (Å²) in [7, 11) is 0. The smallest absolute Gasteiger partial charge is 0.234 e. The van der Waals surface area contributed by atoms with Crippen LogP contribution in [0.25, 0.3) is 0 Å². The summed E-state index contributed by atoms with van der Waals surface area (Å²) in [5, 5.41) is 0. The van der Waals surface area contributed by atoms with E-state index in [0.717, 1.165) is 13.1 Å². The van der Waals surface area contributed by atoms with E-state index in [1.54, 1.807) is 5.82 Å². The molecule has 0 spiro atoms. The highest BCUT2D eigenvalue weighted by Crippen LogP contribution is 2.14. The number of aromatic nitrogens is 2. The lowest BCUT2D eigenvalue weighted by atomic mass is 10.0. The van der Waals surface area contributed by atoms with Crippen molar-refractivity contribution in [3.8, 4) is 0 Å². The van der Waals surface area contributed by atoms with Crippen LogP contribution >= 0.6 is 0 Å². The zero-order chi connectivity index (χ0) is 23.4. The summed E-state index contributed by atoms with van der Waals surface area (Å²) in [6, 6.07) is 10.9. The molecule has 0 aliphatic carbocycles. The van der Waals surface area contributed by atoms with Crippen LogP contribution in [0.4, 0.5) is 0 Å². The number of benzene rings is 1. The van der Waals surface area contributed by atoms with Gasteiger partial charge in [-0.3, -0.25) is 0 Å². The molecule has 2 heteroatoms. The average Bonchev–Trinajstić information content (AvgIpc) is 3.21. The summed E-state index contributed by atoms with van der Waals surface area (Å²) < 4.78 is 5.03. The maximum atomic E-state index is 2.53. The minimum absolute atomic E-state index is 1.14. The number of hydrogen-bond acceptors (Lipinski definition) is 0. The Morgan fingerprint density at radius 2 is 1.18 bits per heavy atom. The highest BCUT2D eigenvalue weighted by Gasteiger charge is 2.16. The van der Waals surface area contributed by atoms with Crippen molar-refractivity contribution in [2.45, 2.75) is 143 Å². The Morgan fingerprint density at radius 1 is 0.606 bits per heavy atom. The molecule has 0 aliphatic heterocycles. The molecule has 0 saturated carbocycles. The third kappa shape index (κ3) is 12.5. The molecule has 2 rings (SSSR count). The molecule has 0 unspecified atom stereocenters. The van der Waals surface area contributed by atoms with Crippen molar-refractivity contribution in [3.05, 3.63) is 54.1 Å². The maximum absolute atomic E-state index is 2.53. The largest absolute Gasteiger partial charge is 0.256 e. The van der Waals surface area contributed by atoms with Crippen LogP contribution in [0.5, 0.6) is 0 Å². The predicted octanol–water partition coefficient (Wildman–Crippen LogP) is 8.84. The lowest BCUT2D eigenvalue weighted by molar-refractivity contribution is -0.703. The molecule has 0 bridgehead atoms. The van der Waals surface area contributed by atoms with Gasteiger partial charge in [-0.05, 0) is 31.2 Å². The molecule has 0 amide bonds. The SMILES string of the molecule is CCCCCCCCCCCCCCCCc1n(CCCc2ccccc2)cc[n+]1CCC. The van der Waals surface area contributed by atoms with Crippen LogP contribution in [-0.2, 0) is 25.9 Å². The van der Waals surface area contributed by atoms with E-state index in [1.165, 1.54) is 121 Å². The molecule has 33 heavy (non-hydrogen) atoms. The molecule has 186 valence electrons. The van der Waals surface area contributed by atoms with Gasteiger partial charge in [0.1, 0.15) is 12.4 Å². The zero-order valence-electron chi connectivity index (χ0n) is 22.1. The first-order valence-corrected chi connectivity index (χ1v) is 14.5. The summed E-state index contributed by atoms with van der Waals surface area (Å²) in [6.45, 7) is 6.88. The second kappa shape index (κ2) is 18.8. The van der Waals surface area contributed by atoms with Crippen molar-refractivity contribution in [3.63, 3.8) is 0 Å². The van der Waals surface area contributed by atoms with E-state index in [-0.39, 0.29) is 0 Å². The highest BCUT2D eigenvalue weighted by atomic mass is 15.1. The number of hydrogen-bond donors (Lipinski definition) is 0.